The molecule has 1 aliphatic heterocycles. The van der Waals surface area contributed by atoms with E-state index in [1.807, 2.05) is 10.8 Å². The van der Waals surface area contributed by atoms with Gasteiger partial charge in [-0.05, 0) is 25.8 Å². The van der Waals surface area contributed by atoms with Gasteiger partial charge in [-0.15, -0.1) is 24.8 Å². The monoisotopic (exact) mass is 308 g/mol. The normalized spacial score (nSPS) is 21.3. The van der Waals surface area contributed by atoms with Gasteiger partial charge in [-0.3, -0.25) is 4.79 Å². The second kappa shape index (κ2) is 8.40. The zero-order valence-electron chi connectivity index (χ0n) is 11.1. The van der Waals surface area contributed by atoms with Gasteiger partial charge in [-0.2, -0.15) is 0 Å². The van der Waals surface area contributed by atoms with Crippen molar-refractivity contribution in [2.45, 2.75) is 38.3 Å². The van der Waals surface area contributed by atoms with Gasteiger partial charge in [0.15, 0.2) is 0 Å². The molecule has 1 unspecified atom stereocenters. The molecule has 5 nitrogen and oxygen atoms in total. The van der Waals surface area contributed by atoms with E-state index in [-0.39, 0.29) is 36.3 Å². The molecule has 0 saturated carbocycles. The van der Waals surface area contributed by atoms with Crippen LogP contribution in [0, 0.1) is 0 Å². The first-order valence-electron chi connectivity index (χ1n) is 6.26. The van der Waals surface area contributed by atoms with Crippen molar-refractivity contribution in [2.24, 2.45) is 0 Å². The lowest BCUT2D eigenvalue weighted by Crippen LogP contribution is -2.53. The molecule has 1 aromatic heterocycles. The standard InChI is InChI=1S/C12H20N4O.2ClH/c1-2-12(4-3-5-15-12)11(17)14-7-9-16-8-6-13-10-16;;/h6,8,10,15H,2-5,7,9H2,1H3,(H,14,17);2*1H. The molecule has 2 N–H and O–H groups in total. The van der Waals surface area contributed by atoms with Crippen LogP contribution in [0.1, 0.15) is 26.2 Å². The Bertz CT molecular complexity index is 364. The number of carbonyl (C=O) groups is 1. The minimum Gasteiger partial charge on any atom is -0.353 e. The van der Waals surface area contributed by atoms with E-state index in [9.17, 15) is 4.79 Å². The number of halogens is 2. The predicted octanol–water partition coefficient (Wildman–Crippen LogP) is 1.38. The number of aromatic nitrogens is 2. The summed E-state index contributed by atoms with van der Waals surface area (Å²) in [6.07, 6.45) is 8.28. The number of nitrogens with zero attached hydrogens (tertiary/aromatic N) is 2. The molecule has 0 radical (unpaired) electrons. The van der Waals surface area contributed by atoms with Crippen LogP contribution in [0.3, 0.4) is 0 Å². The van der Waals surface area contributed by atoms with Crippen molar-refractivity contribution in [1.29, 1.82) is 0 Å². The van der Waals surface area contributed by atoms with Crippen LogP contribution in [-0.4, -0.2) is 34.1 Å². The molecule has 7 heteroatoms. The maximum atomic E-state index is 12.1. The molecule has 110 valence electrons. The predicted molar refractivity (Wildman–Crippen MR) is 80.0 cm³/mol. The quantitative estimate of drug-likeness (QED) is 0.864. The van der Waals surface area contributed by atoms with Crippen LogP contribution in [0.25, 0.3) is 0 Å². The Morgan fingerprint density at radius 2 is 2.32 bits per heavy atom. The average Bonchev–Trinajstić information content (AvgIpc) is 3.00. The molecule has 0 aliphatic carbocycles. The fraction of sp³-hybridized carbons (Fsp3) is 0.667. The summed E-state index contributed by atoms with van der Waals surface area (Å²) in [6.45, 7) is 4.43. The summed E-state index contributed by atoms with van der Waals surface area (Å²) in [5.74, 6) is 0.137. The summed E-state index contributed by atoms with van der Waals surface area (Å²) in [7, 11) is 0. The van der Waals surface area contributed by atoms with E-state index in [0.29, 0.717) is 6.54 Å². The second-order valence-corrected chi connectivity index (χ2v) is 4.52. The number of rotatable bonds is 5. The summed E-state index contributed by atoms with van der Waals surface area (Å²) in [4.78, 5) is 16.1. The highest BCUT2D eigenvalue weighted by molar-refractivity contribution is 5.86. The molecule has 0 aromatic carbocycles. The van der Waals surface area contributed by atoms with Crippen LogP contribution in [0.2, 0.25) is 0 Å². The van der Waals surface area contributed by atoms with Crippen LogP contribution in [0.15, 0.2) is 18.7 Å². The maximum Gasteiger partial charge on any atom is 0.240 e. The summed E-state index contributed by atoms with van der Waals surface area (Å²) in [5, 5.41) is 6.34. The number of hydrogen-bond acceptors (Lipinski definition) is 3. The van der Waals surface area contributed by atoms with Crippen LogP contribution in [0.5, 0.6) is 0 Å². The van der Waals surface area contributed by atoms with E-state index in [0.717, 1.165) is 32.4 Å². The molecule has 1 saturated heterocycles. The number of amides is 1. The van der Waals surface area contributed by atoms with Crippen LogP contribution in [0.4, 0.5) is 0 Å². The zero-order chi connectivity index (χ0) is 12.1. The molecule has 0 spiro atoms. The third kappa shape index (κ3) is 4.37. The lowest BCUT2D eigenvalue weighted by atomic mass is 9.93. The third-order valence-corrected chi connectivity index (χ3v) is 3.50. The molecule has 19 heavy (non-hydrogen) atoms. The minimum absolute atomic E-state index is 0. The van der Waals surface area contributed by atoms with Gasteiger partial charge in [0.1, 0.15) is 0 Å². The highest BCUT2D eigenvalue weighted by Crippen LogP contribution is 2.22. The topological polar surface area (TPSA) is 59.0 Å². The molecule has 1 atom stereocenters. The van der Waals surface area contributed by atoms with Crippen molar-refractivity contribution in [2.75, 3.05) is 13.1 Å². The summed E-state index contributed by atoms with van der Waals surface area (Å²) in [6, 6.07) is 0. The average molecular weight is 309 g/mol. The minimum atomic E-state index is -0.324. The van der Waals surface area contributed by atoms with Gasteiger partial charge in [-0.25, -0.2) is 4.98 Å². The lowest BCUT2D eigenvalue weighted by molar-refractivity contribution is -0.127. The van der Waals surface area contributed by atoms with Crippen molar-refractivity contribution in [3.63, 3.8) is 0 Å². The van der Waals surface area contributed by atoms with Gasteiger partial charge in [0.05, 0.1) is 11.9 Å². The van der Waals surface area contributed by atoms with Crippen LogP contribution >= 0.6 is 24.8 Å². The van der Waals surface area contributed by atoms with E-state index in [1.54, 1.807) is 12.5 Å². The Labute approximate surface area is 126 Å². The first kappa shape index (κ1) is 18.2. The molecule has 2 heterocycles. The van der Waals surface area contributed by atoms with Crippen molar-refractivity contribution in [3.05, 3.63) is 18.7 Å². The first-order chi connectivity index (χ1) is 8.27. The molecule has 1 amide bonds. The maximum absolute atomic E-state index is 12.1. The van der Waals surface area contributed by atoms with E-state index in [1.165, 1.54) is 0 Å². The number of hydrogen-bond donors (Lipinski definition) is 2. The lowest BCUT2D eigenvalue weighted by Gasteiger charge is -2.26. The summed E-state index contributed by atoms with van der Waals surface area (Å²) >= 11 is 0. The van der Waals surface area contributed by atoms with E-state index >= 15 is 0 Å². The van der Waals surface area contributed by atoms with Crippen molar-refractivity contribution >= 4 is 30.7 Å². The van der Waals surface area contributed by atoms with E-state index in [4.69, 9.17) is 0 Å². The Hall–Kier alpha value is -0.780. The number of imidazole rings is 1. The smallest absolute Gasteiger partial charge is 0.240 e. The number of carbonyl (C=O) groups excluding carboxylic acids is 1. The molecular weight excluding hydrogens is 287 g/mol. The fourth-order valence-corrected chi connectivity index (χ4v) is 2.35. The Balaban J connectivity index is 0.00000162. The highest BCUT2D eigenvalue weighted by Gasteiger charge is 2.38. The fourth-order valence-electron chi connectivity index (χ4n) is 2.35. The van der Waals surface area contributed by atoms with Crippen molar-refractivity contribution in [3.8, 4) is 0 Å². The SMILES string of the molecule is CCC1(C(=O)NCCn2ccnc2)CCCN1.Cl.Cl. The van der Waals surface area contributed by atoms with Gasteiger partial charge in [0, 0.05) is 25.5 Å². The molecule has 1 aromatic rings. The summed E-state index contributed by atoms with van der Waals surface area (Å²) in [5.41, 5.74) is -0.324. The van der Waals surface area contributed by atoms with Crippen molar-refractivity contribution in [1.82, 2.24) is 20.2 Å². The first-order valence-corrected chi connectivity index (χ1v) is 6.26. The Morgan fingerprint density at radius 1 is 1.53 bits per heavy atom. The van der Waals surface area contributed by atoms with Gasteiger partial charge in [-0.1, -0.05) is 6.92 Å². The molecule has 0 bridgehead atoms. The van der Waals surface area contributed by atoms with Gasteiger partial charge in [0.2, 0.25) is 5.91 Å². The molecule has 1 fully saturated rings. The van der Waals surface area contributed by atoms with Gasteiger partial charge in [0.25, 0.3) is 0 Å². The highest BCUT2D eigenvalue weighted by atomic mass is 35.5. The molecule has 1 aliphatic rings. The van der Waals surface area contributed by atoms with Crippen molar-refractivity contribution < 1.29 is 4.79 Å². The Kier molecular flexibility index (Phi) is 8.06. The summed E-state index contributed by atoms with van der Waals surface area (Å²) < 4.78 is 1.96. The number of nitrogens with one attached hydrogen (secondary N) is 2. The van der Waals surface area contributed by atoms with Gasteiger partial charge >= 0.3 is 0 Å². The molecule has 2 rings (SSSR count). The Morgan fingerprint density at radius 3 is 2.84 bits per heavy atom. The zero-order valence-corrected chi connectivity index (χ0v) is 12.7. The van der Waals surface area contributed by atoms with Crippen LogP contribution in [-0.2, 0) is 11.3 Å². The molecular formula is C12H22Cl2N4O. The van der Waals surface area contributed by atoms with E-state index < -0.39 is 0 Å². The van der Waals surface area contributed by atoms with Crippen LogP contribution < -0.4 is 10.6 Å². The van der Waals surface area contributed by atoms with E-state index in [2.05, 4.69) is 22.5 Å². The van der Waals surface area contributed by atoms with Gasteiger partial charge < -0.3 is 15.2 Å². The largest absolute Gasteiger partial charge is 0.353 e. The third-order valence-electron chi connectivity index (χ3n) is 3.50. The second-order valence-electron chi connectivity index (χ2n) is 4.52.